The largest absolute Gasteiger partial charge is 0.495 e. The minimum absolute atomic E-state index is 0.0256. The molecule has 0 amide bonds. The van der Waals surface area contributed by atoms with Gasteiger partial charge in [-0.1, -0.05) is 47.6 Å². The zero-order valence-corrected chi connectivity index (χ0v) is 13.7. The molecular weight excluding hydrogens is 246 g/mol. The van der Waals surface area contributed by atoms with Crippen molar-refractivity contribution in [3.05, 3.63) is 35.5 Å². The second kappa shape index (κ2) is 4.76. The molecule has 0 spiro atoms. The number of benzene rings is 1. The molecule has 0 unspecified atom stereocenters. The number of rotatable bonds is 1. The van der Waals surface area contributed by atoms with E-state index in [9.17, 15) is 0 Å². The van der Waals surface area contributed by atoms with Crippen molar-refractivity contribution in [1.29, 1.82) is 0 Å². The van der Waals surface area contributed by atoms with Crippen LogP contribution in [0, 0.1) is 0 Å². The van der Waals surface area contributed by atoms with Crippen LogP contribution in [0.3, 0.4) is 0 Å². The number of methoxy groups -OCH3 is 1. The Balaban J connectivity index is 2.68. The number of ether oxygens (including phenoxy) is 1. The highest BCUT2D eigenvalue weighted by molar-refractivity contribution is 5.81. The molecule has 0 aliphatic carbocycles. The first-order chi connectivity index (χ1) is 9.13. The van der Waals surface area contributed by atoms with E-state index in [0.29, 0.717) is 0 Å². The Morgan fingerprint density at radius 2 is 1.55 bits per heavy atom. The maximum atomic E-state index is 5.54. The van der Waals surface area contributed by atoms with Crippen LogP contribution in [0.2, 0.25) is 0 Å². The molecule has 2 rings (SSSR count). The van der Waals surface area contributed by atoms with E-state index in [1.54, 1.807) is 7.11 Å². The molecule has 0 aliphatic rings. The van der Waals surface area contributed by atoms with Gasteiger partial charge in [-0.05, 0) is 29.2 Å². The summed E-state index contributed by atoms with van der Waals surface area (Å²) in [6.07, 6.45) is 0. The first-order valence-electron chi connectivity index (χ1n) is 7.12. The molecule has 2 aromatic rings. The predicted octanol–water partition coefficient (Wildman–Crippen LogP) is 4.84. The second-order valence-corrected chi connectivity index (χ2v) is 7.45. The molecule has 20 heavy (non-hydrogen) atoms. The van der Waals surface area contributed by atoms with E-state index in [1.807, 2.05) is 0 Å². The molecule has 2 nitrogen and oxygen atoms in total. The van der Waals surface area contributed by atoms with Gasteiger partial charge in [-0.2, -0.15) is 0 Å². The molecule has 1 aromatic carbocycles. The first-order valence-corrected chi connectivity index (χ1v) is 7.12. The Morgan fingerprint density at radius 3 is 2.05 bits per heavy atom. The Hall–Kier alpha value is -1.57. The summed E-state index contributed by atoms with van der Waals surface area (Å²) in [7, 11) is 1.71. The van der Waals surface area contributed by atoms with Gasteiger partial charge < -0.3 is 4.74 Å². The summed E-state index contributed by atoms with van der Waals surface area (Å²) in [4.78, 5) is 4.82. The van der Waals surface area contributed by atoms with Crippen LogP contribution in [-0.2, 0) is 10.8 Å². The predicted molar refractivity (Wildman–Crippen MR) is 85.7 cm³/mol. The fourth-order valence-electron chi connectivity index (χ4n) is 2.32. The van der Waals surface area contributed by atoms with Gasteiger partial charge in [0, 0.05) is 10.8 Å². The van der Waals surface area contributed by atoms with Crippen molar-refractivity contribution in [2.24, 2.45) is 0 Å². The molecule has 0 aliphatic heterocycles. The third-order valence-electron chi connectivity index (χ3n) is 3.58. The van der Waals surface area contributed by atoms with Crippen LogP contribution in [0.5, 0.6) is 5.75 Å². The van der Waals surface area contributed by atoms with E-state index in [1.165, 1.54) is 5.56 Å². The molecule has 108 valence electrons. The van der Waals surface area contributed by atoms with Gasteiger partial charge in [-0.15, -0.1) is 0 Å². The molecule has 0 bridgehead atoms. The summed E-state index contributed by atoms with van der Waals surface area (Å²) in [5, 5.41) is 1.14. The van der Waals surface area contributed by atoms with Gasteiger partial charge in [-0.3, -0.25) is 0 Å². The summed E-state index contributed by atoms with van der Waals surface area (Å²) < 4.78 is 5.54. The minimum Gasteiger partial charge on any atom is -0.495 e. The molecule has 0 radical (unpaired) electrons. The lowest BCUT2D eigenvalue weighted by Crippen LogP contribution is -2.15. The van der Waals surface area contributed by atoms with Gasteiger partial charge in [-0.25, -0.2) is 4.98 Å². The average Bonchev–Trinajstić information content (AvgIpc) is 2.34. The monoisotopic (exact) mass is 271 g/mol. The molecular formula is C18H25NO. The standard InChI is InChI=1S/C18H25NO/c1-17(2,3)13-8-9-14-12(10-13)11-15(20-7)16(19-14)18(4,5)6/h8-11H,1-7H3. The van der Waals surface area contributed by atoms with Crippen LogP contribution in [-0.4, -0.2) is 12.1 Å². The molecule has 0 saturated carbocycles. The topological polar surface area (TPSA) is 22.1 Å². The van der Waals surface area contributed by atoms with Crippen molar-refractivity contribution in [2.45, 2.75) is 52.4 Å². The zero-order valence-electron chi connectivity index (χ0n) is 13.7. The average molecular weight is 271 g/mol. The van der Waals surface area contributed by atoms with Crippen molar-refractivity contribution in [3.8, 4) is 5.75 Å². The van der Waals surface area contributed by atoms with E-state index >= 15 is 0 Å². The Morgan fingerprint density at radius 1 is 0.900 bits per heavy atom. The van der Waals surface area contributed by atoms with Gasteiger partial charge >= 0.3 is 0 Å². The Bertz CT molecular complexity index is 630. The maximum absolute atomic E-state index is 5.54. The van der Waals surface area contributed by atoms with Crippen LogP contribution in [0.4, 0.5) is 0 Å². The van der Waals surface area contributed by atoms with E-state index in [2.05, 4.69) is 65.8 Å². The fraction of sp³-hybridized carbons (Fsp3) is 0.500. The van der Waals surface area contributed by atoms with E-state index in [-0.39, 0.29) is 10.8 Å². The number of fused-ring (bicyclic) bond motifs is 1. The third kappa shape index (κ3) is 2.79. The van der Waals surface area contributed by atoms with E-state index in [4.69, 9.17) is 9.72 Å². The Kier molecular flexibility index (Phi) is 3.53. The van der Waals surface area contributed by atoms with Gasteiger partial charge in [0.1, 0.15) is 5.75 Å². The molecule has 1 aromatic heterocycles. The number of hydrogen-bond acceptors (Lipinski definition) is 2. The van der Waals surface area contributed by atoms with Crippen LogP contribution >= 0.6 is 0 Å². The normalized spacial score (nSPS) is 12.8. The van der Waals surface area contributed by atoms with Crippen molar-refractivity contribution in [1.82, 2.24) is 4.98 Å². The van der Waals surface area contributed by atoms with Crippen LogP contribution < -0.4 is 4.74 Å². The minimum atomic E-state index is -0.0256. The molecule has 2 heteroatoms. The SMILES string of the molecule is COc1cc2cc(C(C)(C)C)ccc2nc1C(C)(C)C. The fourth-order valence-corrected chi connectivity index (χ4v) is 2.32. The van der Waals surface area contributed by atoms with Crippen LogP contribution in [0.25, 0.3) is 10.9 Å². The molecule has 0 N–H and O–H groups in total. The first kappa shape index (κ1) is 14.8. The number of hydrogen-bond donors (Lipinski definition) is 0. The van der Waals surface area contributed by atoms with Gasteiger partial charge in [0.15, 0.2) is 0 Å². The van der Waals surface area contributed by atoms with Gasteiger partial charge in [0.05, 0.1) is 18.3 Å². The Labute approximate surface area is 122 Å². The smallest absolute Gasteiger partial charge is 0.141 e. The van der Waals surface area contributed by atoms with Gasteiger partial charge in [0.2, 0.25) is 0 Å². The summed E-state index contributed by atoms with van der Waals surface area (Å²) in [6, 6.07) is 8.62. The van der Waals surface area contributed by atoms with Crippen LogP contribution in [0.15, 0.2) is 24.3 Å². The molecule has 0 atom stereocenters. The lowest BCUT2D eigenvalue weighted by molar-refractivity contribution is 0.393. The number of pyridine rings is 1. The third-order valence-corrected chi connectivity index (χ3v) is 3.58. The summed E-state index contributed by atoms with van der Waals surface area (Å²) in [5.74, 6) is 0.871. The molecule has 1 heterocycles. The highest BCUT2D eigenvalue weighted by Gasteiger charge is 2.22. The molecule has 0 saturated heterocycles. The van der Waals surface area contributed by atoms with E-state index in [0.717, 1.165) is 22.3 Å². The highest BCUT2D eigenvalue weighted by Crippen LogP contribution is 2.33. The van der Waals surface area contributed by atoms with Gasteiger partial charge in [0.25, 0.3) is 0 Å². The van der Waals surface area contributed by atoms with E-state index < -0.39 is 0 Å². The summed E-state index contributed by atoms with van der Waals surface area (Å²) in [6.45, 7) is 13.2. The quantitative estimate of drug-likeness (QED) is 0.740. The van der Waals surface area contributed by atoms with Crippen molar-refractivity contribution < 1.29 is 4.74 Å². The lowest BCUT2D eigenvalue weighted by Gasteiger charge is -2.23. The lowest BCUT2D eigenvalue weighted by atomic mass is 9.86. The van der Waals surface area contributed by atoms with Crippen molar-refractivity contribution in [2.75, 3.05) is 7.11 Å². The summed E-state index contributed by atoms with van der Waals surface area (Å²) in [5.41, 5.74) is 3.48. The highest BCUT2D eigenvalue weighted by atomic mass is 16.5. The zero-order chi connectivity index (χ0) is 15.1. The summed E-state index contributed by atoms with van der Waals surface area (Å²) >= 11 is 0. The van der Waals surface area contributed by atoms with Crippen LogP contribution in [0.1, 0.15) is 52.8 Å². The molecule has 0 fully saturated rings. The maximum Gasteiger partial charge on any atom is 0.141 e. The number of nitrogens with zero attached hydrogens (tertiary/aromatic N) is 1. The number of aromatic nitrogens is 1. The second-order valence-electron chi connectivity index (χ2n) is 7.45. The van der Waals surface area contributed by atoms with Crippen molar-refractivity contribution in [3.63, 3.8) is 0 Å². The van der Waals surface area contributed by atoms with Crippen molar-refractivity contribution >= 4 is 10.9 Å².